The highest BCUT2D eigenvalue weighted by Crippen LogP contribution is 2.52. The van der Waals surface area contributed by atoms with Gasteiger partial charge >= 0.3 is 0 Å². The van der Waals surface area contributed by atoms with Crippen LogP contribution in [0.2, 0.25) is 0 Å². The van der Waals surface area contributed by atoms with Gasteiger partial charge in [0.15, 0.2) is 0 Å². The van der Waals surface area contributed by atoms with E-state index in [-0.39, 0.29) is 0 Å². The molecule has 0 heterocycles. The Morgan fingerprint density at radius 3 is 2.67 bits per heavy atom. The Morgan fingerprint density at radius 2 is 2.33 bits per heavy atom. The lowest BCUT2D eigenvalue weighted by atomic mass is 10.4. The highest BCUT2D eigenvalue weighted by Gasteiger charge is 2.51. The van der Waals surface area contributed by atoms with Crippen LogP contribution in [0.3, 0.4) is 0 Å². The van der Waals surface area contributed by atoms with Gasteiger partial charge in [-0.2, -0.15) is 0 Å². The van der Waals surface area contributed by atoms with E-state index in [9.17, 15) is 0 Å². The minimum Gasteiger partial charge on any atom is -0.305 e. The summed E-state index contributed by atoms with van der Waals surface area (Å²) in [6, 6.07) is 0. The third-order valence-corrected chi connectivity index (χ3v) is 2.36. The number of nitrogens with one attached hydrogen (secondary N) is 1. The number of hydroxylamine groups is 1. The fraction of sp³-hybridized carbons (Fsp3) is 1.00. The average Bonchev–Trinajstić information content (AvgIpc) is 2.35. The predicted molar refractivity (Wildman–Crippen MR) is 37.6 cm³/mol. The van der Waals surface area contributed by atoms with Crippen LogP contribution in [-0.4, -0.2) is 18.0 Å². The van der Waals surface area contributed by atoms with Crippen LogP contribution in [0.5, 0.6) is 0 Å². The van der Waals surface area contributed by atoms with E-state index in [2.05, 4.69) is 10.3 Å². The quantitative estimate of drug-likeness (QED) is 0.509. The molecule has 0 aromatic carbocycles. The summed E-state index contributed by atoms with van der Waals surface area (Å²) in [4.78, 5) is 4.62. The standard InChI is InChI=1S/C5H9Cl2NO/c1-9-8-3-4-2-5(4,6)7/h4,8H,2-3H2,1H3. The SMILES string of the molecule is CONCC1CC1(Cl)Cl. The van der Waals surface area contributed by atoms with Gasteiger partial charge in [-0.3, -0.25) is 0 Å². The molecule has 54 valence electrons. The monoisotopic (exact) mass is 169 g/mol. The molecule has 0 bridgehead atoms. The summed E-state index contributed by atoms with van der Waals surface area (Å²) >= 11 is 11.4. The van der Waals surface area contributed by atoms with Crippen LogP contribution in [0.1, 0.15) is 6.42 Å². The summed E-state index contributed by atoms with van der Waals surface area (Å²) in [5, 5.41) is 0. The summed E-state index contributed by atoms with van der Waals surface area (Å²) in [6.07, 6.45) is 0.868. The fourth-order valence-electron chi connectivity index (χ4n) is 0.675. The molecule has 1 saturated carbocycles. The normalized spacial score (nSPS) is 30.3. The molecular weight excluding hydrogens is 161 g/mol. The topological polar surface area (TPSA) is 21.3 Å². The first-order valence-corrected chi connectivity index (χ1v) is 3.56. The third kappa shape index (κ3) is 1.97. The van der Waals surface area contributed by atoms with Crippen molar-refractivity contribution in [3.63, 3.8) is 0 Å². The molecule has 4 heteroatoms. The fourth-order valence-corrected chi connectivity index (χ4v) is 1.20. The van der Waals surface area contributed by atoms with Gasteiger partial charge in [-0.1, -0.05) is 0 Å². The molecule has 0 aliphatic heterocycles. The summed E-state index contributed by atoms with van der Waals surface area (Å²) in [5.41, 5.74) is 2.70. The molecule has 0 aromatic heterocycles. The lowest BCUT2D eigenvalue weighted by Gasteiger charge is -1.99. The second-order valence-electron chi connectivity index (χ2n) is 2.21. The van der Waals surface area contributed by atoms with Gasteiger partial charge in [0, 0.05) is 12.5 Å². The largest absolute Gasteiger partial charge is 0.305 e. The summed E-state index contributed by atoms with van der Waals surface area (Å²) in [7, 11) is 1.58. The smallest absolute Gasteiger partial charge is 0.122 e. The first-order chi connectivity index (χ1) is 4.17. The van der Waals surface area contributed by atoms with E-state index in [1.165, 1.54) is 0 Å². The van der Waals surface area contributed by atoms with E-state index in [0.717, 1.165) is 13.0 Å². The Balaban J connectivity index is 2.06. The van der Waals surface area contributed by atoms with E-state index < -0.39 is 4.33 Å². The lowest BCUT2D eigenvalue weighted by molar-refractivity contribution is 0.0883. The van der Waals surface area contributed by atoms with Crippen molar-refractivity contribution in [2.24, 2.45) is 5.92 Å². The highest BCUT2D eigenvalue weighted by molar-refractivity contribution is 6.50. The number of hydrogen-bond donors (Lipinski definition) is 1. The lowest BCUT2D eigenvalue weighted by Crippen LogP contribution is -2.16. The molecule has 1 unspecified atom stereocenters. The van der Waals surface area contributed by atoms with Crippen molar-refractivity contribution in [2.45, 2.75) is 10.8 Å². The third-order valence-electron chi connectivity index (χ3n) is 1.43. The zero-order valence-corrected chi connectivity index (χ0v) is 6.67. The molecule has 0 amide bonds. The summed E-state index contributed by atoms with van der Waals surface area (Å²) < 4.78 is -0.481. The van der Waals surface area contributed by atoms with Gasteiger partial charge in [-0.05, 0) is 6.42 Å². The van der Waals surface area contributed by atoms with E-state index in [4.69, 9.17) is 23.2 Å². The molecule has 1 rings (SSSR count). The van der Waals surface area contributed by atoms with E-state index in [0.29, 0.717) is 5.92 Å². The Hall–Kier alpha value is 0.500. The van der Waals surface area contributed by atoms with Crippen LogP contribution in [0.15, 0.2) is 0 Å². The van der Waals surface area contributed by atoms with E-state index >= 15 is 0 Å². The zero-order chi connectivity index (χ0) is 6.91. The van der Waals surface area contributed by atoms with E-state index in [1.54, 1.807) is 7.11 Å². The second kappa shape index (κ2) is 2.62. The van der Waals surface area contributed by atoms with Crippen molar-refractivity contribution in [2.75, 3.05) is 13.7 Å². The van der Waals surface area contributed by atoms with Crippen molar-refractivity contribution >= 4 is 23.2 Å². The number of halogens is 2. The maximum atomic E-state index is 5.71. The van der Waals surface area contributed by atoms with E-state index in [1.807, 2.05) is 0 Å². The van der Waals surface area contributed by atoms with Crippen molar-refractivity contribution in [1.29, 1.82) is 0 Å². The highest BCUT2D eigenvalue weighted by atomic mass is 35.5. The Bertz CT molecular complexity index is 107. The van der Waals surface area contributed by atoms with Crippen LogP contribution in [-0.2, 0) is 4.84 Å². The maximum Gasteiger partial charge on any atom is 0.122 e. The van der Waals surface area contributed by atoms with Gasteiger partial charge in [0.05, 0.1) is 7.11 Å². The average molecular weight is 170 g/mol. The number of hydrogen-bond acceptors (Lipinski definition) is 2. The minimum absolute atomic E-state index is 0.362. The van der Waals surface area contributed by atoms with Crippen molar-refractivity contribution in [3.8, 4) is 0 Å². The molecule has 1 aliphatic rings. The molecule has 1 fully saturated rings. The van der Waals surface area contributed by atoms with Gasteiger partial charge in [-0.25, -0.2) is 5.48 Å². The van der Waals surface area contributed by atoms with Crippen LogP contribution in [0.25, 0.3) is 0 Å². The molecule has 0 aromatic rings. The van der Waals surface area contributed by atoms with Gasteiger partial charge in [0.2, 0.25) is 0 Å². The molecule has 1 atom stereocenters. The second-order valence-corrected chi connectivity index (χ2v) is 3.76. The van der Waals surface area contributed by atoms with Gasteiger partial charge < -0.3 is 4.84 Å². The predicted octanol–water partition coefficient (Wildman–Crippen LogP) is 1.33. The Labute approximate surface area is 64.4 Å². The van der Waals surface area contributed by atoms with Crippen LogP contribution >= 0.6 is 23.2 Å². The molecule has 9 heavy (non-hydrogen) atoms. The minimum atomic E-state index is -0.481. The molecule has 0 saturated heterocycles. The van der Waals surface area contributed by atoms with Crippen molar-refractivity contribution in [1.82, 2.24) is 5.48 Å². The van der Waals surface area contributed by atoms with Gasteiger partial charge in [0.1, 0.15) is 4.33 Å². The molecule has 2 nitrogen and oxygen atoms in total. The molecule has 0 radical (unpaired) electrons. The first kappa shape index (κ1) is 7.61. The summed E-state index contributed by atoms with van der Waals surface area (Å²) in [5.74, 6) is 0.362. The number of alkyl halides is 2. The maximum absolute atomic E-state index is 5.71. The Kier molecular flexibility index (Phi) is 2.22. The molecule has 1 aliphatic carbocycles. The van der Waals surface area contributed by atoms with Crippen molar-refractivity contribution in [3.05, 3.63) is 0 Å². The molecule has 0 spiro atoms. The van der Waals surface area contributed by atoms with Crippen LogP contribution < -0.4 is 5.48 Å². The van der Waals surface area contributed by atoms with Gasteiger partial charge in [-0.15, -0.1) is 23.2 Å². The van der Waals surface area contributed by atoms with Gasteiger partial charge in [0.25, 0.3) is 0 Å². The first-order valence-electron chi connectivity index (χ1n) is 2.80. The number of rotatable bonds is 3. The van der Waals surface area contributed by atoms with Crippen LogP contribution in [0.4, 0.5) is 0 Å². The summed E-state index contributed by atoms with van der Waals surface area (Å²) in [6.45, 7) is 0.740. The molecule has 1 N–H and O–H groups in total. The zero-order valence-electron chi connectivity index (χ0n) is 5.16. The Morgan fingerprint density at radius 1 is 1.78 bits per heavy atom. The van der Waals surface area contributed by atoms with Crippen LogP contribution in [0, 0.1) is 5.92 Å². The molecular formula is C5H9Cl2NO. The van der Waals surface area contributed by atoms with Crippen molar-refractivity contribution < 1.29 is 4.84 Å².